The van der Waals surface area contributed by atoms with Crippen molar-refractivity contribution in [2.24, 2.45) is 0 Å². The van der Waals surface area contributed by atoms with Crippen molar-refractivity contribution in [1.82, 2.24) is 0 Å². The molecule has 1 amide bonds. The summed E-state index contributed by atoms with van der Waals surface area (Å²) in [5.74, 6) is 0.275. The summed E-state index contributed by atoms with van der Waals surface area (Å²) in [7, 11) is -4.21. The van der Waals surface area contributed by atoms with E-state index in [0.717, 1.165) is 21.0 Å². The molecule has 3 aromatic carbocycles. The molecule has 0 aliphatic rings. The number of sulfonamides is 1. The molecule has 6 nitrogen and oxygen atoms in total. The van der Waals surface area contributed by atoms with Gasteiger partial charge in [-0.25, -0.2) is 8.42 Å². The van der Waals surface area contributed by atoms with Crippen molar-refractivity contribution in [3.63, 3.8) is 0 Å². The first-order valence-electron chi connectivity index (χ1n) is 10.9. The number of carbonyl (C=O) groups excluding carboxylic acids is 1. The number of ether oxygens (including phenoxy) is 2. The van der Waals surface area contributed by atoms with Gasteiger partial charge in [-0.3, -0.25) is 4.79 Å². The van der Waals surface area contributed by atoms with Gasteiger partial charge in [0.05, 0.1) is 17.2 Å². The molecule has 3 aromatic rings. The predicted molar refractivity (Wildman–Crippen MR) is 134 cm³/mol. The fourth-order valence-corrected chi connectivity index (χ4v) is 5.02. The number of amides is 1. The summed E-state index contributed by atoms with van der Waals surface area (Å²) in [6.45, 7) is 9.37. The first kappa shape index (κ1) is 25.6. The van der Waals surface area contributed by atoms with Crippen LogP contribution < -0.4 is 13.8 Å². The SMILES string of the molecule is CCOc1ccc(N(C(=O)C(C)Oc2cc(C)c(Cl)c(C)c2)S(=O)(=O)c2ccc(C)cc2)cc1. The Balaban J connectivity index is 2.01. The number of halogens is 1. The first-order valence-corrected chi connectivity index (χ1v) is 12.7. The van der Waals surface area contributed by atoms with E-state index in [-0.39, 0.29) is 10.6 Å². The highest BCUT2D eigenvalue weighted by molar-refractivity contribution is 7.93. The van der Waals surface area contributed by atoms with Gasteiger partial charge in [0.2, 0.25) is 0 Å². The zero-order valence-corrected chi connectivity index (χ0v) is 21.4. The van der Waals surface area contributed by atoms with E-state index < -0.39 is 22.0 Å². The monoisotopic (exact) mass is 501 g/mol. The summed E-state index contributed by atoms with van der Waals surface area (Å²) in [4.78, 5) is 13.6. The number of anilines is 1. The van der Waals surface area contributed by atoms with E-state index >= 15 is 0 Å². The molecule has 0 aliphatic carbocycles. The van der Waals surface area contributed by atoms with Crippen molar-refractivity contribution in [3.8, 4) is 11.5 Å². The minimum Gasteiger partial charge on any atom is -0.494 e. The highest BCUT2D eigenvalue weighted by Crippen LogP contribution is 2.30. The van der Waals surface area contributed by atoms with Crippen LogP contribution in [0.15, 0.2) is 65.6 Å². The molecule has 0 N–H and O–H groups in total. The fourth-order valence-electron chi connectivity index (χ4n) is 3.44. The topological polar surface area (TPSA) is 72.9 Å². The van der Waals surface area contributed by atoms with Gasteiger partial charge in [-0.05, 0) is 94.3 Å². The molecule has 0 saturated heterocycles. The normalized spacial score (nSPS) is 12.2. The van der Waals surface area contributed by atoms with Crippen LogP contribution in [0, 0.1) is 20.8 Å². The van der Waals surface area contributed by atoms with Crippen molar-refractivity contribution < 1.29 is 22.7 Å². The summed E-state index contributed by atoms with van der Waals surface area (Å²) in [6.07, 6.45) is -1.09. The third kappa shape index (κ3) is 5.54. The molecule has 0 bridgehead atoms. The molecule has 180 valence electrons. The summed E-state index contributed by atoms with van der Waals surface area (Å²) >= 11 is 6.23. The van der Waals surface area contributed by atoms with E-state index in [2.05, 4.69) is 0 Å². The van der Waals surface area contributed by atoms with Crippen molar-refractivity contribution in [1.29, 1.82) is 0 Å². The second-order valence-corrected chi connectivity index (χ2v) is 10.1. The Labute approximate surface area is 206 Å². The van der Waals surface area contributed by atoms with E-state index in [1.807, 2.05) is 27.7 Å². The van der Waals surface area contributed by atoms with Crippen molar-refractivity contribution in [2.45, 2.75) is 45.6 Å². The Morgan fingerprint density at radius 2 is 1.50 bits per heavy atom. The lowest BCUT2D eigenvalue weighted by molar-refractivity contribution is -0.123. The Bertz CT molecular complexity index is 1250. The van der Waals surface area contributed by atoms with Crippen molar-refractivity contribution in [2.75, 3.05) is 10.9 Å². The van der Waals surface area contributed by atoms with Crippen LogP contribution in [-0.4, -0.2) is 27.0 Å². The van der Waals surface area contributed by atoms with E-state index in [1.54, 1.807) is 36.4 Å². The van der Waals surface area contributed by atoms with E-state index in [4.69, 9.17) is 21.1 Å². The van der Waals surface area contributed by atoms with Crippen molar-refractivity contribution in [3.05, 3.63) is 82.4 Å². The summed E-state index contributed by atoms with van der Waals surface area (Å²) in [6, 6.07) is 16.1. The van der Waals surface area contributed by atoms with Crippen LogP contribution >= 0.6 is 11.6 Å². The number of rotatable bonds is 8. The zero-order chi connectivity index (χ0) is 25.0. The number of hydrogen-bond donors (Lipinski definition) is 0. The molecule has 1 unspecified atom stereocenters. The summed E-state index contributed by atoms with van der Waals surface area (Å²) in [5.41, 5.74) is 2.69. The molecular weight excluding hydrogens is 474 g/mol. The molecule has 0 fully saturated rings. The lowest BCUT2D eigenvalue weighted by atomic mass is 10.1. The molecule has 34 heavy (non-hydrogen) atoms. The third-order valence-corrected chi connectivity index (χ3v) is 7.55. The minimum atomic E-state index is -4.21. The van der Waals surface area contributed by atoms with Gasteiger partial charge >= 0.3 is 0 Å². The average molecular weight is 502 g/mol. The van der Waals surface area contributed by atoms with Gasteiger partial charge in [-0.2, -0.15) is 4.31 Å². The Kier molecular flexibility index (Phi) is 7.89. The quantitative estimate of drug-likeness (QED) is 0.387. The average Bonchev–Trinajstić information content (AvgIpc) is 2.79. The summed E-state index contributed by atoms with van der Waals surface area (Å²) < 4.78 is 39.3. The molecule has 1 atom stereocenters. The van der Waals surface area contributed by atoms with Gasteiger partial charge < -0.3 is 9.47 Å². The highest BCUT2D eigenvalue weighted by Gasteiger charge is 2.35. The van der Waals surface area contributed by atoms with Gasteiger partial charge in [0.15, 0.2) is 6.10 Å². The maximum Gasteiger partial charge on any atom is 0.281 e. The van der Waals surface area contributed by atoms with E-state index in [1.165, 1.54) is 31.2 Å². The second-order valence-electron chi connectivity index (χ2n) is 7.98. The van der Waals surface area contributed by atoms with Crippen LogP contribution in [0.4, 0.5) is 5.69 Å². The lowest BCUT2D eigenvalue weighted by Gasteiger charge is -2.26. The molecule has 0 heterocycles. The number of nitrogens with zero attached hydrogens (tertiary/aromatic N) is 1. The second kappa shape index (κ2) is 10.5. The summed E-state index contributed by atoms with van der Waals surface area (Å²) in [5, 5.41) is 0.615. The predicted octanol–water partition coefficient (Wildman–Crippen LogP) is 5.85. The third-order valence-electron chi connectivity index (χ3n) is 5.21. The molecule has 0 aromatic heterocycles. The molecule has 0 aliphatic heterocycles. The fraction of sp³-hybridized carbons (Fsp3) is 0.269. The number of benzene rings is 3. The van der Waals surface area contributed by atoms with Crippen LogP contribution in [0.2, 0.25) is 5.02 Å². The van der Waals surface area contributed by atoms with Gasteiger partial charge in [0.25, 0.3) is 15.9 Å². The Morgan fingerprint density at radius 1 is 0.941 bits per heavy atom. The van der Waals surface area contributed by atoms with E-state index in [0.29, 0.717) is 23.1 Å². The molecule has 0 spiro atoms. The van der Waals surface area contributed by atoms with E-state index in [9.17, 15) is 13.2 Å². The maximum atomic E-state index is 13.6. The molecule has 0 radical (unpaired) electrons. The zero-order valence-electron chi connectivity index (χ0n) is 19.8. The van der Waals surface area contributed by atoms with Gasteiger partial charge in [0.1, 0.15) is 11.5 Å². The first-order chi connectivity index (χ1) is 16.0. The van der Waals surface area contributed by atoms with Crippen molar-refractivity contribution >= 4 is 33.2 Å². The smallest absolute Gasteiger partial charge is 0.281 e. The largest absolute Gasteiger partial charge is 0.494 e. The maximum absolute atomic E-state index is 13.6. The molecule has 3 rings (SSSR count). The Morgan fingerprint density at radius 3 is 2.03 bits per heavy atom. The lowest BCUT2D eigenvalue weighted by Crippen LogP contribution is -2.44. The molecule has 0 saturated carbocycles. The van der Waals surface area contributed by atoms with Crippen LogP contribution in [0.1, 0.15) is 30.5 Å². The molecular formula is C26H28ClNO5S. The highest BCUT2D eigenvalue weighted by atomic mass is 35.5. The van der Waals surface area contributed by atoms with Crippen LogP contribution in [-0.2, 0) is 14.8 Å². The van der Waals surface area contributed by atoms with Crippen LogP contribution in [0.3, 0.4) is 0 Å². The van der Waals surface area contributed by atoms with Crippen LogP contribution in [0.25, 0.3) is 0 Å². The Hall–Kier alpha value is -3.03. The van der Waals surface area contributed by atoms with Gasteiger partial charge in [0, 0.05) is 5.02 Å². The number of aryl methyl sites for hydroxylation is 3. The van der Waals surface area contributed by atoms with Gasteiger partial charge in [-0.15, -0.1) is 0 Å². The standard InChI is InChI=1S/C26H28ClNO5S/c1-6-32-22-11-9-21(10-12-22)28(34(30,31)24-13-7-17(2)8-14-24)26(29)20(5)33-23-15-18(3)25(27)19(4)16-23/h7-16,20H,6H2,1-5H3. The molecule has 8 heteroatoms. The van der Waals surface area contributed by atoms with Crippen LogP contribution in [0.5, 0.6) is 11.5 Å². The minimum absolute atomic E-state index is 0.00529. The van der Waals surface area contributed by atoms with Gasteiger partial charge in [-0.1, -0.05) is 29.3 Å². The number of carbonyl (C=O) groups is 1. The number of hydrogen-bond acceptors (Lipinski definition) is 5.